The first-order valence-electron chi connectivity index (χ1n) is 5.88. The van der Waals surface area contributed by atoms with Gasteiger partial charge in [-0.25, -0.2) is 4.98 Å². The molecule has 0 aliphatic carbocycles. The van der Waals surface area contributed by atoms with Crippen molar-refractivity contribution in [3.63, 3.8) is 0 Å². The van der Waals surface area contributed by atoms with Crippen LogP contribution in [0, 0.1) is 13.8 Å². The topological polar surface area (TPSA) is 30.0 Å². The zero-order valence-electron chi connectivity index (χ0n) is 10.7. The number of benzene rings is 1. The van der Waals surface area contributed by atoms with Gasteiger partial charge in [0.2, 0.25) is 0 Å². The number of aryl methyl sites for hydroxylation is 2. The van der Waals surface area contributed by atoms with Gasteiger partial charge in [-0.3, -0.25) is 4.79 Å². The number of Topliss-reactive ketones (excluding diaryl/α,β-unsaturated/α-hetero) is 1. The summed E-state index contributed by atoms with van der Waals surface area (Å²) in [5.41, 5.74) is 3.48. The van der Waals surface area contributed by atoms with Crippen molar-refractivity contribution >= 4 is 29.0 Å². The highest BCUT2D eigenvalue weighted by molar-refractivity contribution is 6.36. The Morgan fingerprint density at radius 1 is 1.21 bits per heavy atom. The monoisotopic (exact) mass is 293 g/mol. The van der Waals surface area contributed by atoms with Gasteiger partial charge in [-0.15, -0.1) is 0 Å². The maximum atomic E-state index is 12.2. The molecule has 2 nitrogen and oxygen atoms in total. The molecule has 0 spiro atoms. The normalized spacial score (nSPS) is 10.5. The summed E-state index contributed by atoms with van der Waals surface area (Å²) in [5.74, 6) is -0.102. The summed E-state index contributed by atoms with van der Waals surface area (Å²) >= 11 is 11.8. The Morgan fingerprint density at radius 2 is 1.95 bits per heavy atom. The van der Waals surface area contributed by atoms with Crippen LogP contribution in [0.3, 0.4) is 0 Å². The molecule has 1 aromatic heterocycles. The van der Waals surface area contributed by atoms with Crippen LogP contribution in [0.1, 0.15) is 27.2 Å². The zero-order valence-corrected chi connectivity index (χ0v) is 12.2. The van der Waals surface area contributed by atoms with Crippen molar-refractivity contribution in [3.05, 3.63) is 62.9 Å². The van der Waals surface area contributed by atoms with Gasteiger partial charge in [-0.2, -0.15) is 0 Å². The zero-order chi connectivity index (χ0) is 14.0. The molecule has 2 aromatic rings. The third-order valence-electron chi connectivity index (χ3n) is 2.93. The van der Waals surface area contributed by atoms with Crippen molar-refractivity contribution < 1.29 is 4.79 Å². The fourth-order valence-corrected chi connectivity index (χ4v) is 2.35. The average molecular weight is 294 g/mol. The van der Waals surface area contributed by atoms with Crippen molar-refractivity contribution in [1.29, 1.82) is 0 Å². The number of pyridine rings is 1. The van der Waals surface area contributed by atoms with E-state index in [4.69, 9.17) is 23.2 Å². The quantitative estimate of drug-likeness (QED) is 0.784. The van der Waals surface area contributed by atoms with Crippen molar-refractivity contribution in [2.24, 2.45) is 0 Å². The van der Waals surface area contributed by atoms with Gasteiger partial charge in [0, 0.05) is 12.6 Å². The van der Waals surface area contributed by atoms with Gasteiger partial charge in [0.1, 0.15) is 5.69 Å². The molecule has 0 saturated carbocycles. The largest absolute Gasteiger partial charge is 0.292 e. The predicted octanol–water partition coefficient (Wildman–Crippen LogP) is 4.43. The van der Waals surface area contributed by atoms with Gasteiger partial charge >= 0.3 is 0 Å². The lowest BCUT2D eigenvalue weighted by atomic mass is 9.99. The van der Waals surface area contributed by atoms with Crippen LogP contribution in [0.15, 0.2) is 30.5 Å². The lowest BCUT2D eigenvalue weighted by Gasteiger charge is -2.07. The molecule has 1 aromatic carbocycles. The minimum absolute atomic E-state index is 0.102. The number of halogens is 2. The summed E-state index contributed by atoms with van der Waals surface area (Å²) in [7, 11) is 0. The van der Waals surface area contributed by atoms with Gasteiger partial charge in [-0.05, 0) is 31.0 Å². The minimum Gasteiger partial charge on any atom is -0.292 e. The number of nitrogens with zero attached hydrogens (tertiary/aromatic N) is 1. The average Bonchev–Trinajstić information content (AvgIpc) is 2.33. The minimum atomic E-state index is -0.102. The molecule has 0 fully saturated rings. The summed E-state index contributed by atoms with van der Waals surface area (Å²) < 4.78 is 0. The molecule has 0 radical (unpaired) electrons. The Kier molecular flexibility index (Phi) is 4.23. The summed E-state index contributed by atoms with van der Waals surface area (Å²) in [6.45, 7) is 3.99. The molecule has 4 heteroatoms. The van der Waals surface area contributed by atoms with Crippen molar-refractivity contribution in [2.45, 2.75) is 20.3 Å². The first kappa shape index (κ1) is 14.0. The van der Waals surface area contributed by atoms with E-state index in [0.717, 1.165) is 16.7 Å². The molecule has 0 amide bonds. The summed E-state index contributed by atoms with van der Waals surface area (Å²) in [4.78, 5) is 16.2. The van der Waals surface area contributed by atoms with E-state index in [0.29, 0.717) is 16.5 Å². The fourth-order valence-electron chi connectivity index (χ4n) is 1.87. The van der Waals surface area contributed by atoms with Crippen molar-refractivity contribution in [3.8, 4) is 0 Å². The first-order valence-corrected chi connectivity index (χ1v) is 6.63. The van der Waals surface area contributed by atoms with E-state index in [2.05, 4.69) is 4.98 Å². The molecule has 0 atom stereocenters. The van der Waals surface area contributed by atoms with E-state index in [1.54, 1.807) is 0 Å². The number of carbonyl (C=O) groups excluding carboxylic acids is 1. The van der Waals surface area contributed by atoms with Crippen molar-refractivity contribution in [1.82, 2.24) is 4.98 Å². The van der Waals surface area contributed by atoms with E-state index in [9.17, 15) is 4.79 Å². The maximum absolute atomic E-state index is 12.2. The van der Waals surface area contributed by atoms with E-state index in [1.807, 2.05) is 32.0 Å². The molecule has 98 valence electrons. The SMILES string of the molecule is Cc1ccc(C)c(CC(=O)c2ncc(Cl)cc2Cl)c1. The number of carbonyl (C=O) groups is 1. The number of hydrogen-bond donors (Lipinski definition) is 0. The van der Waals surface area contributed by atoms with Crippen LogP contribution in [0.2, 0.25) is 10.0 Å². The number of aromatic nitrogens is 1. The van der Waals surface area contributed by atoms with Crippen LogP contribution in [0.5, 0.6) is 0 Å². The van der Waals surface area contributed by atoms with Crippen LogP contribution in [-0.2, 0) is 6.42 Å². The molecule has 0 saturated heterocycles. The Hall–Kier alpha value is -1.38. The third-order valence-corrected chi connectivity index (χ3v) is 3.42. The Morgan fingerprint density at radius 3 is 2.63 bits per heavy atom. The number of rotatable bonds is 3. The molecule has 0 bridgehead atoms. The number of ketones is 1. The summed E-state index contributed by atoms with van der Waals surface area (Å²) in [6.07, 6.45) is 1.73. The molecule has 1 heterocycles. The molecule has 0 aliphatic rings. The Balaban J connectivity index is 2.28. The Labute approximate surface area is 122 Å². The van der Waals surface area contributed by atoms with Gasteiger partial charge in [0.25, 0.3) is 0 Å². The highest BCUT2D eigenvalue weighted by atomic mass is 35.5. The molecular weight excluding hydrogens is 281 g/mol. The van der Waals surface area contributed by atoms with Crippen LogP contribution in [0.4, 0.5) is 0 Å². The van der Waals surface area contributed by atoms with E-state index in [1.165, 1.54) is 12.3 Å². The smallest absolute Gasteiger partial charge is 0.187 e. The second kappa shape index (κ2) is 5.72. The standard InChI is InChI=1S/C15H13Cl2NO/c1-9-3-4-10(2)11(5-9)6-14(19)15-13(17)7-12(16)8-18-15/h3-5,7-8H,6H2,1-2H3. The van der Waals surface area contributed by atoms with Crippen molar-refractivity contribution in [2.75, 3.05) is 0 Å². The second-order valence-corrected chi connectivity index (χ2v) is 5.36. The summed E-state index contributed by atoms with van der Waals surface area (Å²) in [5, 5.41) is 0.719. The maximum Gasteiger partial charge on any atom is 0.187 e. The van der Waals surface area contributed by atoms with E-state index in [-0.39, 0.29) is 11.5 Å². The van der Waals surface area contributed by atoms with Crippen LogP contribution in [-0.4, -0.2) is 10.8 Å². The molecule has 0 unspecified atom stereocenters. The van der Waals surface area contributed by atoms with E-state index >= 15 is 0 Å². The van der Waals surface area contributed by atoms with Crippen LogP contribution in [0.25, 0.3) is 0 Å². The Bertz CT molecular complexity index is 638. The highest BCUT2D eigenvalue weighted by Crippen LogP contribution is 2.21. The van der Waals surface area contributed by atoms with Crippen LogP contribution >= 0.6 is 23.2 Å². The molecule has 2 rings (SSSR count). The van der Waals surface area contributed by atoms with E-state index < -0.39 is 0 Å². The lowest BCUT2D eigenvalue weighted by Crippen LogP contribution is -2.08. The fraction of sp³-hybridized carbons (Fsp3) is 0.200. The lowest BCUT2D eigenvalue weighted by molar-refractivity contribution is 0.0988. The van der Waals surface area contributed by atoms with Crippen LogP contribution < -0.4 is 0 Å². The third kappa shape index (κ3) is 3.34. The van der Waals surface area contributed by atoms with Gasteiger partial charge in [0.05, 0.1) is 10.0 Å². The predicted molar refractivity (Wildman–Crippen MR) is 78.2 cm³/mol. The highest BCUT2D eigenvalue weighted by Gasteiger charge is 2.14. The van der Waals surface area contributed by atoms with Gasteiger partial charge in [0.15, 0.2) is 5.78 Å². The number of hydrogen-bond acceptors (Lipinski definition) is 2. The molecule has 19 heavy (non-hydrogen) atoms. The molecule has 0 N–H and O–H groups in total. The second-order valence-electron chi connectivity index (χ2n) is 4.51. The molecule has 0 aliphatic heterocycles. The van der Waals surface area contributed by atoms with Gasteiger partial charge < -0.3 is 0 Å². The first-order chi connectivity index (χ1) is 8.97. The molecular formula is C15H13Cl2NO. The summed E-state index contributed by atoms with van der Waals surface area (Å²) in [6, 6.07) is 7.58. The van der Waals surface area contributed by atoms with Gasteiger partial charge in [-0.1, -0.05) is 47.0 Å².